The zero-order valence-corrected chi connectivity index (χ0v) is 12.5. The van der Waals surface area contributed by atoms with Crippen molar-refractivity contribution in [2.75, 3.05) is 26.2 Å². The molecule has 21 heavy (non-hydrogen) atoms. The SMILES string of the molecule is C=CCCCC[C@H](c1cc(F)ccc1F)N1CCNCC1. The molecular weight excluding hydrogens is 270 g/mol. The van der Waals surface area contributed by atoms with Crippen molar-refractivity contribution >= 4 is 0 Å². The Balaban J connectivity index is 2.13. The number of allylic oxidation sites excluding steroid dienone is 1. The van der Waals surface area contributed by atoms with Crippen molar-refractivity contribution < 1.29 is 8.78 Å². The van der Waals surface area contributed by atoms with Crippen molar-refractivity contribution in [2.45, 2.75) is 31.7 Å². The van der Waals surface area contributed by atoms with E-state index in [1.54, 1.807) is 0 Å². The molecule has 1 heterocycles. The highest BCUT2D eigenvalue weighted by atomic mass is 19.1. The van der Waals surface area contributed by atoms with Crippen LogP contribution in [0.2, 0.25) is 0 Å². The Hall–Kier alpha value is -1.26. The normalized spacial score (nSPS) is 17.6. The van der Waals surface area contributed by atoms with Gasteiger partial charge < -0.3 is 5.32 Å². The maximum atomic E-state index is 14.1. The van der Waals surface area contributed by atoms with Crippen LogP contribution in [0.4, 0.5) is 8.78 Å². The van der Waals surface area contributed by atoms with E-state index in [0.717, 1.165) is 51.9 Å². The number of halogens is 2. The smallest absolute Gasteiger partial charge is 0.128 e. The molecule has 1 N–H and O–H groups in total. The largest absolute Gasteiger partial charge is 0.314 e. The van der Waals surface area contributed by atoms with E-state index in [1.807, 2.05) is 6.08 Å². The minimum atomic E-state index is -0.363. The van der Waals surface area contributed by atoms with Crippen molar-refractivity contribution in [1.29, 1.82) is 0 Å². The van der Waals surface area contributed by atoms with Crippen LogP contribution >= 0.6 is 0 Å². The van der Waals surface area contributed by atoms with Crippen LogP contribution in [0.1, 0.15) is 37.3 Å². The van der Waals surface area contributed by atoms with Crippen LogP contribution in [-0.4, -0.2) is 31.1 Å². The molecule has 0 saturated carbocycles. The summed E-state index contributed by atoms with van der Waals surface area (Å²) in [5.41, 5.74) is 0.496. The second-order valence-electron chi connectivity index (χ2n) is 5.54. The second-order valence-corrected chi connectivity index (χ2v) is 5.54. The van der Waals surface area contributed by atoms with Crippen molar-refractivity contribution in [3.8, 4) is 0 Å². The Morgan fingerprint density at radius 3 is 2.71 bits per heavy atom. The van der Waals surface area contributed by atoms with E-state index in [-0.39, 0.29) is 17.7 Å². The molecule has 4 heteroatoms. The molecule has 1 aliphatic rings. The summed E-state index contributed by atoms with van der Waals surface area (Å²) in [5, 5.41) is 3.30. The zero-order chi connectivity index (χ0) is 15.1. The van der Waals surface area contributed by atoms with E-state index in [2.05, 4.69) is 16.8 Å². The molecule has 1 atom stereocenters. The molecule has 1 aliphatic heterocycles. The lowest BCUT2D eigenvalue weighted by Crippen LogP contribution is -2.45. The number of piperazine rings is 1. The average Bonchev–Trinajstić information content (AvgIpc) is 2.51. The summed E-state index contributed by atoms with van der Waals surface area (Å²) in [4.78, 5) is 2.27. The molecule has 0 radical (unpaired) electrons. The highest BCUT2D eigenvalue weighted by Crippen LogP contribution is 2.29. The van der Waals surface area contributed by atoms with Gasteiger partial charge in [0.25, 0.3) is 0 Å². The topological polar surface area (TPSA) is 15.3 Å². The number of hydrogen-bond acceptors (Lipinski definition) is 2. The predicted octanol–water partition coefficient (Wildman–Crippen LogP) is 3.66. The molecule has 2 nitrogen and oxygen atoms in total. The third kappa shape index (κ3) is 4.61. The van der Waals surface area contributed by atoms with E-state index in [9.17, 15) is 8.78 Å². The van der Waals surface area contributed by atoms with Crippen LogP contribution < -0.4 is 5.32 Å². The first-order valence-electron chi connectivity index (χ1n) is 7.73. The molecule has 116 valence electrons. The lowest BCUT2D eigenvalue weighted by Gasteiger charge is -2.35. The van der Waals surface area contributed by atoms with Gasteiger partial charge in [0, 0.05) is 37.8 Å². The first kappa shape index (κ1) is 16.1. The molecule has 0 unspecified atom stereocenters. The summed E-state index contributed by atoms with van der Waals surface area (Å²) in [7, 11) is 0. The highest BCUT2D eigenvalue weighted by Gasteiger charge is 2.24. The lowest BCUT2D eigenvalue weighted by molar-refractivity contribution is 0.159. The van der Waals surface area contributed by atoms with E-state index in [0.29, 0.717) is 5.56 Å². The summed E-state index contributed by atoms with van der Waals surface area (Å²) in [6.45, 7) is 7.28. The fraction of sp³-hybridized carbons (Fsp3) is 0.529. The summed E-state index contributed by atoms with van der Waals surface area (Å²) in [5.74, 6) is -0.665. The number of benzene rings is 1. The summed E-state index contributed by atoms with van der Waals surface area (Å²) in [6.07, 6.45) is 5.77. The Morgan fingerprint density at radius 2 is 2.00 bits per heavy atom. The first-order valence-corrected chi connectivity index (χ1v) is 7.73. The van der Waals surface area contributed by atoms with Gasteiger partial charge in [-0.1, -0.05) is 12.5 Å². The third-order valence-electron chi connectivity index (χ3n) is 4.05. The quantitative estimate of drug-likeness (QED) is 0.610. The van der Waals surface area contributed by atoms with Crippen molar-refractivity contribution in [2.24, 2.45) is 0 Å². The number of unbranched alkanes of at least 4 members (excludes halogenated alkanes) is 2. The number of nitrogens with one attached hydrogen (secondary N) is 1. The molecule has 0 aromatic heterocycles. The first-order chi connectivity index (χ1) is 10.2. The van der Waals surface area contributed by atoms with Gasteiger partial charge in [-0.25, -0.2) is 8.78 Å². The van der Waals surface area contributed by atoms with E-state index in [4.69, 9.17) is 0 Å². The van der Waals surface area contributed by atoms with E-state index >= 15 is 0 Å². The van der Waals surface area contributed by atoms with Crippen molar-refractivity contribution in [3.63, 3.8) is 0 Å². The zero-order valence-electron chi connectivity index (χ0n) is 12.5. The van der Waals surface area contributed by atoms with Gasteiger partial charge in [-0.05, 0) is 37.5 Å². The Morgan fingerprint density at radius 1 is 1.24 bits per heavy atom. The van der Waals surface area contributed by atoms with Crippen LogP contribution in [0.25, 0.3) is 0 Å². The van der Waals surface area contributed by atoms with Gasteiger partial charge in [-0.3, -0.25) is 4.90 Å². The Labute approximate surface area is 125 Å². The van der Waals surface area contributed by atoms with Gasteiger partial charge in [-0.2, -0.15) is 0 Å². The molecule has 0 amide bonds. The van der Waals surface area contributed by atoms with Gasteiger partial charge in [0.1, 0.15) is 11.6 Å². The molecule has 1 saturated heterocycles. The van der Waals surface area contributed by atoms with Gasteiger partial charge in [0.05, 0.1) is 0 Å². The van der Waals surface area contributed by atoms with Crippen molar-refractivity contribution in [1.82, 2.24) is 10.2 Å². The number of nitrogens with zero attached hydrogens (tertiary/aromatic N) is 1. The van der Waals surface area contributed by atoms with Crippen LogP contribution in [0.15, 0.2) is 30.9 Å². The standard InChI is InChI=1S/C17H24F2N2/c1-2-3-4-5-6-17(21-11-9-20-10-12-21)15-13-14(18)7-8-16(15)19/h2,7-8,13,17,20H,1,3-6,9-12H2/t17-/m1/s1. The van der Waals surface area contributed by atoms with Crippen LogP contribution in [-0.2, 0) is 0 Å². The summed E-state index contributed by atoms with van der Waals surface area (Å²) >= 11 is 0. The molecular formula is C17H24F2N2. The molecule has 0 bridgehead atoms. The minimum Gasteiger partial charge on any atom is -0.314 e. The van der Waals surface area contributed by atoms with Gasteiger partial charge in [-0.15, -0.1) is 6.58 Å². The predicted molar refractivity (Wildman–Crippen MR) is 82.2 cm³/mol. The van der Waals surface area contributed by atoms with E-state index < -0.39 is 0 Å². The number of hydrogen-bond donors (Lipinski definition) is 1. The molecule has 2 rings (SSSR count). The lowest BCUT2D eigenvalue weighted by atomic mass is 9.97. The third-order valence-corrected chi connectivity index (χ3v) is 4.05. The van der Waals surface area contributed by atoms with Crippen LogP contribution in [0, 0.1) is 11.6 Å². The fourth-order valence-electron chi connectivity index (χ4n) is 2.92. The maximum absolute atomic E-state index is 14.1. The average molecular weight is 294 g/mol. The van der Waals surface area contributed by atoms with E-state index in [1.165, 1.54) is 18.2 Å². The minimum absolute atomic E-state index is 0.0346. The Bertz CT molecular complexity index is 456. The van der Waals surface area contributed by atoms with Gasteiger partial charge in [0.2, 0.25) is 0 Å². The highest BCUT2D eigenvalue weighted by molar-refractivity contribution is 5.22. The molecule has 1 aromatic carbocycles. The monoisotopic (exact) mass is 294 g/mol. The van der Waals surface area contributed by atoms with Gasteiger partial charge in [0.15, 0.2) is 0 Å². The summed E-state index contributed by atoms with van der Waals surface area (Å²) < 4.78 is 27.6. The van der Waals surface area contributed by atoms with Crippen LogP contribution in [0.5, 0.6) is 0 Å². The molecule has 1 fully saturated rings. The maximum Gasteiger partial charge on any atom is 0.128 e. The van der Waals surface area contributed by atoms with Crippen LogP contribution in [0.3, 0.4) is 0 Å². The van der Waals surface area contributed by atoms with Gasteiger partial charge >= 0.3 is 0 Å². The molecule has 0 aliphatic carbocycles. The fourth-order valence-corrected chi connectivity index (χ4v) is 2.92. The molecule has 1 aromatic rings. The van der Waals surface area contributed by atoms with Crippen molar-refractivity contribution in [3.05, 3.63) is 48.1 Å². The second kappa shape index (κ2) is 8.25. The number of rotatable bonds is 7. The molecule has 0 spiro atoms. The Kier molecular flexibility index (Phi) is 6.33. The summed E-state index contributed by atoms with van der Waals surface area (Å²) in [6, 6.07) is 3.75.